The summed E-state index contributed by atoms with van der Waals surface area (Å²) < 4.78 is 16.6. The number of hydrogen-bond acceptors (Lipinski definition) is 6. The van der Waals surface area contributed by atoms with Gasteiger partial charge in [0.1, 0.15) is 11.8 Å². The van der Waals surface area contributed by atoms with E-state index in [1.54, 1.807) is 31.3 Å². The third-order valence-corrected chi connectivity index (χ3v) is 7.66. The van der Waals surface area contributed by atoms with Crippen LogP contribution in [0.1, 0.15) is 55.5 Å². The van der Waals surface area contributed by atoms with E-state index in [4.69, 9.17) is 14.2 Å². The average Bonchev–Trinajstić information content (AvgIpc) is 3.45. The van der Waals surface area contributed by atoms with Crippen molar-refractivity contribution in [3.05, 3.63) is 70.4 Å². The van der Waals surface area contributed by atoms with E-state index in [-0.39, 0.29) is 24.3 Å². The van der Waals surface area contributed by atoms with Crippen molar-refractivity contribution in [1.82, 2.24) is 5.32 Å². The number of methoxy groups -OCH3 is 2. The number of carbonyl (C=O) groups excluding carboxylic acids is 2. The van der Waals surface area contributed by atoms with E-state index in [1.165, 1.54) is 17.8 Å². The van der Waals surface area contributed by atoms with E-state index in [2.05, 4.69) is 5.32 Å². The molecular formula is C30H36N2O5S. The molecule has 1 aliphatic carbocycles. The Bertz CT molecular complexity index is 1190. The van der Waals surface area contributed by atoms with Gasteiger partial charge in [0.25, 0.3) is 0 Å². The number of carbonyl (C=O) groups is 2. The highest BCUT2D eigenvalue weighted by Gasteiger charge is 2.35. The second-order valence-corrected chi connectivity index (χ2v) is 10.3. The van der Waals surface area contributed by atoms with Crippen LogP contribution in [0.5, 0.6) is 17.2 Å². The van der Waals surface area contributed by atoms with Crippen molar-refractivity contribution < 1.29 is 23.8 Å². The second-order valence-electron chi connectivity index (χ2n) is 9.31. The molecule has 202 valence electrons. The van der Waals surface area contributed by atoms with Crippen LogP contribution in [0.3, 0.4) is 0 Å². The Balaban J connectivity index is 1.79. The van der Waals surface area contributed by atoms with Gasteiger partial charge in [0.05, 0.1) is 27.2 Å². The van der Waals surface area contributed by atoms with Gasteiger partial charge in [-0.15, -0.1) is 11.3 Å². The van der Waals surface area contributed by atoms with Crippen molar-refractivity contribution >= 4 is 28.8 Å². The molecule has 2 aromatic carbocycles. The Hall–Kier alpha value is -3.52. The molecule has 0 unspecified atom stereocenters. The smallest absolute Gasteiger partial charge is 0.248 e. The molecule has 1 heterocycles. The zero-order chi connectivity index (χ0) is 26.9. The molecule has 4 rings (SSSR count). The lowest BCUT2D eigenvalue weighted by Crippen LogP contribution is -2.47. The minimum Gasteiger partial charge on any atom is -0.494 e. The Kier molecular flexibility index (Phi) is 9.65. The number of benzene rings is 2. The molecule has 0 saturated heterocycles. The van der Waals surface area contributed by atoms with E-state index in [0.717, 1.165) is 30.6 Å². The summed E-state index contributed by atoms with van der Waals surface area (Å²) in [6.45, 7) is 2.46. The average molecular weight is 537 g/mol. The largest absolute Gasteiger partial charge is 0.494 e. The first-order valence-electron chi connectivity index (χ1n) is 13.1. The van der Waals surface area contributed by atoms with Gasteiger partial charge in [-0.2, -0.15) is 0 Å². The van der Waals surface area contributed by atoms with Crippen LogP contribution >= 0.6 is 11.3 Å². The maximum absolute atomic E-state index is 14.1. The lowest BCUT2D eigenvalue weighted by molar-refractivity contribution is -0.127. The van der Waals surface area contributed by atoms with Crippen LogP contribution in [-0.4, -0.2) is 38.7 Å². The summed E-state index contributed by atoms with van der Waals surface area (Å²) >= 11 is 1.52. The van der Waals surface area contributed by atoms with E-state index < -0.39 is 6.04 Å². The number of thiophene rings is 1. The summed E-state index contributed by atoms with van der Waals surface area (Å²) in [7, 11) is 3.13. The molecule has 1 aromatic heterocycles. The fourth-order valence-electron chi connectivity index (χ4n) is 4.92. The molecule has 1 fully saturated rings. The summed E-state index contributed by atoms with van der Waals surface area (Å²) in [5, 5.41) is 5.20. The third kappa shape index (κ3) is 6.67. The van der Waals surface area contributed by atoms with Crippen molar-refractivity contribution in [2.75, 3.05) is 25.7 Å². The SMILES string of the molecule is CCOc1ccc(N(C(=O)Cc2cccs2)[C@@H](C(=O)NC2CCCCC2)c2ccc(OC)c(OC)c2)cc1. The van der Waals surface area contributed by atoms with Gasteiger partial charge >= 0.3 is 0 Å². The molecule has 1 atom stereocenters. The number of anilines is 1. The van der Waals surface area contributed by atoms with Gasteiger partial charge in [-0.25, -0.2) is 0 Å². The van der Waals surface area contributed by atoms with Crippen LogP contribution in [0.15, 0.2) is 60.0 Å². The maximum Gasteiger partial charge on any atom is 0.248 e. The predicted octanol–water partition coefficient (Wildman–Crippen LogP) is 5.93. The Morgan fingerprint density at radius 3 is 2.37 bits per heavy atom. The van der Waals surface area contributed by atoms with Gasteiger partial charge in [0, 0.05) is 16.6 Å². The molecule has 0 radical (unpaired) electrons. The van der Waals surface area contributed by atoms with Crippen molar-refractivity contribution in [3.8, 4) is 17.2 Å². The zero-order valence-electron chi connectivity index (χ0n) is 22.3. The monoisotopic (exact) mass is 536 g/mol. The van der Waals surface area contributed by atoms with Crippen molar-refractivity contribution in [2.45, 2.75) is 57.5 Å². The number of hydrogen-bond donors (Lipinski definition) is 1. The Labute approximate surface area is 228 Å². The third-order valence-electron chi connectivity index (χ3n) is 6.78. The van der Waals surface area contributed by atoms with Crippen LogP contribution in [0.25, 0.3) is 0 Å². The van der Waals surface area contributed by atoms with E-state index >= 15 is 0 Å². The highest BCUT2D eigenvalue weighted by atomic mass is 32.1. The zero-order valence-corrected chi connectivity index (χ0v) is 23.1. The molecule has 7 nitrogen and oxygen atoms in total. The quantitative estimate of drug-likeness (QED) is 0.329. The number of rotatable bonds is 11. The van der Waals surface area contributed by atoms with E-state index in [1.807, 2.05) is 54.8 Å². The van der Waals surface area contributed by atoms with Gasteiger partial charge in [-0.1, -0.05) is 31.4 Å². The number of ether oxygens (including phenoxy) is 3. The van der Waals surface area contributed by atoms with Crippen LogP contribution in [0, 0.1) is 0 Å². The number of nitrogens with one attached hydrogen (secondary N) is 1. The molecule has 1 N–H and O–H groups in total. The molecule has 2 amide bonds. The second kappa shape index (κ2) is 13.3. The van der Waals surface area contributed by atoms with Crippen LogP contribution in [0.4, 0.5) is 5.69 Å². The van der Waals surface area contributed by atoms with Crippen LogP contribution in [-0.2, 0) is 16.0 Å². The first-order valence-corrected chi connectivity index (χ1v) is 14.0. The highest BCUT2D eigenvalue weighted by Crippen LogP contribution is 2.36. The van der Waals surface area contributed by atoms with Gasteiger partial charge in [-0.3, -0.25) is 14.5 Å². The summed E-state index contributed by atoms with van der Waals surface area (Å²) in [5.74, 6) is 1.38. The van der Waals surface area contributed by atoms with Gasteiger partial charge in [0.2, 0.25) is 11.8 Å². The fourth-order valence-corrected chi connectivity index (χ4v) is 5.62. The van der Waals surface area contributed by atoms with Gasteiger partial charge < -0.3 is 19.5 Å². The highest BCUT2D eigenvalue weighted by molar-refractivity contribution is 7.10. The van der Waals surface area contributed by atoms with Crippen LogP contribution < -0.4 is 24.4 Å². The van der Waals surface area contributed by atoms with Gasteiger partial charge in [-0.05, 0) is 73.2 Å². The predicted molar refractivity (Wildman–Crippen MR) is 150 cm³/mol. The summed E-state index contributed by atoms with van der Waals surface area (Å²) in [6, 6.07) is 15.8. The van der Waals surface area contributed by atoms with Gasteiger partial charge in [0.15, 0.2) is 11.5 Å². The normalized spacial score (nSPS) is 14.4. The summed E-state index contributed by atoms with van der Waals surface area (Å²) in [5.41, 5.74) is 1.26. The minimum atomic E-state index is -0.901. The van der Waals surface area contributed by atoms with Crippen molar-refractivity contribution in [3.63, 3.8) is 0 Å². The maximum atomic E-state index is 14.1. The Morgan fingerprint density at radius 2 is 1.74 bits per heavy atom. The summed E-state index contributed by atoms with van der Waals surface area (Å²) in [6.07, 6.45) is 5.43. The number of nitrogens with zero attached hydrogens (tertiary/aromatic N) is 1. The molecule has 1 saturated carbocycles. The lowest BCUT2D eigenvalue weighted by Gasteiger charge is -2.34. The topological polar surface area (TPSA) is 77.1 Å². The molecule has 1 aliphatic rings. The standard InChI is InChI=1S/C30H36N2O5S/c1-4-37-24-15-13-23(14-16-24)32(28(33)20-25-11-8-18-38-25)29(30(34)31-22-9-6-5-7-10-22)21-12-17-26(35-2)27(19-21)36-3/h8,11-19,22,29H,4-7,9-10,20H2,1-3H3,(H,31,34)/t29-/m1/s1. The molecular weight excluding hydrogens is 500 g/mol. The first kappa shape index (κ1) is 27.5. The van der Waals surface area contributed by atoms with E-state index in [0.29, 0.717) is 35.1 Å². The summed E-state index contributed by atoms with van der Waals surface area (Å²) in [4.78, 5) is 30.6. The molecule has 38 heavy (non-hydrogen) atoms. The van der Waals surface area contributed by atoms with Crippen molar-refractivity contribution in [1.29, 1.82) is 0 Å². The molecule has 0 spiro atoms. The first-order chi connectivity index (χ1) is 18.5. The van der Waals surface area contributed by atoms with E-state index in [9.17, 15) is 9.59 Å². The Morgan fingerprint density at radius 1 is 1.00 bits per heavy atom. The molecule has 3 aromatic rings. The lowest BCUT2D eigenvalue weighted by atomic mass is 9.94. The van der Waals surface area contributed by atoms with Crippen LogP contribution in [0.2, 0.25) is 0 Å². The number of amides is 2. The fraction of sp³-hybridized carbons (Fsp3) is 0.400. The molecule has 8 heteroatoms. The molecule has 0 aliphatic heterocycles. The molecule has 0 bridgehead atoms. The minimum absolute atomic E-state index is 0.0912. The van der Waals surface area contributed by atoms with Crippen molar-refractivity contribution in [2.24, 2.45) is 0 Å².